The highest BCUT2D eigenvalue weighted by Crippen LogP contribution is 2.36. The van der Waals surface area contributed by atoms with Crippen LogP contribution in [0.5, 0.6) is 5.75 Å². The number of nitrogens with two attached hydrogens (primary N) is 1. The molecule has 0 spiro atoms. The van der Waals surface area contributed by atoms with Gasteiger partial charge >= 0.3 is 5.97 Å². The zero-order valence-electron chi connectivity index (χ0n) is 20.0. The largest absolute Gasteiger partial charge is 0.497 e. The average Bonchev–Trinajstić information content (AvgIpc) is 3.27. The summed E-state index contributed by atoms with van der Waals surface area (Å²) in [6, 6.07) is 6.73. The Morgan fingerprint density at radius 3 is 2.97 bits per heavy atom. The third kappa shape index (κ3) is 6.34. The molecule has 0 saturated carbocycles. The summed E-state index contributed by atoms with van der Waals surface area (Å²) < 4.78 is 19.0. The van der Waals surface area contributed by atoms with E-state index in [2.05, 4.69) is 21.7 Å². The number of nitrogens with zero attached hydrogens (tertiary/aromatic N) is 2. The number of carboxylic acid groups (broad SMARTS) is 1. The lowest BCUT2D eigenvalue weighted by atomic mass is 9.79. The third-order valence-electron chi connectivity index (χ3n) is 6.82. The van der Waals surface area contributed by atoms with Crippen molar-refractivity contribution in [2.45, 2.75) is 31.7 Å². The minimum absolute atomic E-state index is 0.00604. The molecule has 0 amide bonds. The number of rotatable bonds is 8. The number of halogens is 2. The molecular weight excluding hydrogens is 501 g/mol. The van der Waals surface area contributed by atoms with Crippen LogP contribution < -0.4 is 10.5 Å². The first-order chi connectivity index (χ1) is 17.4. The minimum Gasteiger partial charge on any atom is -0.497 e. The van der Waals surface area contributed by atoms with Crippen LogP contribution in [-0.2, 0) is 4.79 Å². The summed E-state index contributed by atoms with van der Waals surface area (Å²) >= 11 is 7.80. The number of fused-ring (bicyclic) bond motifs is 1. The van der Waals surface area contributed by atoms with Crippen molar-refractivity contribution in [3.8, 4) is 17.6 Å². The number of thiophene rings is 1. The van der Waals surface area contributed by atoms with Gasteiger partial charge in [0.2, 0.25) is 0 Å². The molecule has 0 aliphatic carbocycles. The number of carboxylic acids is 1. The van der Waals surface area contributed by atoms with Gasteiger partial charge in [-0.25, -0.2) is 4.39 Å². The molecule has 1 aliphatic rings. The Hall–Kier alpha value is -2.70. The highest BCUT2D eigenvalue weighted by Gasteiger charge is 2.31. The van der Waals surface area contributed by atoms with E-state index in [0.717, 1.165) is 35.9 Å². The fourth-order valence-electron chi connectivity index (χ4n) is 4.96. The quantitative estimate of drug-likeness (QED) is 0.383. The molecule has 3 N–H and O–H groups in total. The fraction of sp³-hybridized carbons (Fsp3) is 0.407. The van der Waals surface area contributed by atoms with Gasteiger partial charge in [0.15, 0.2) is 0 Å². The van der Waals surface area contributed by atoms with Crippen LogP contribution in [0.3, 0.4) is 0 Å². The summed E-state index contributed by atoms with van der Waals surface area (Å²) in [6.07, 6.45) is 4.05. The second-order valence-corrected chi connectivity index (χ2v) is 10.5. The van der Waals surface area contributed by atoms with Crippen molar-refractivity contribution in [2.75, 3.05) is 26.7 Å². The Balaban J connectivity index is 1.42. The highest BCUT2D eigenvalue weighted by atomic mass is 35.5. The van der Waals surface area contributed by atoms with E-state index in [1.807, 2.05) is 18.2 Å². The van der Waals surface area contributed by atoms with E-state index in [4.69, 9.17) is 22.1 Å². The van der Waals surface area contributed by atoms with Crippen LogP contribution in [0.15, 0.2) is 35.8 Å². The number of ether oxygens (including phenoxy) is 1. The van der Waals surface area contributed by atoms with Crippen LogP contribution in [0.2, 0.25) is 5.02 Å². The fourth-order valence-corrected chi connectivity index (χ4v) is 5.89. The van der Waals surface area contributed by atoms with Gasteiger partial charge in [0.25, 0.3) is 0 Å². The van der Waals surface area contributed by atoms with Gasteiger partial charge in [-0.15, -0.1) is 11.3 Å². The highest BCUT2D eigenvalue weighted by molar-refractivity contribution is 7.10. The van der Waals surface area contributed by atoms with Crippen LogP contribution in [0.1, 0.15) is 42.2 Å². The first-order valence-corrected chi connectivity index (χ1v) is 13.1. The molecule has 0 radical (unpaired) electrons. The van der Waals surface area contributed by atoms with Crippen LogP contribution in [-0.4, -0.2) is 47.7 Å². The third-order valence-corrected chi connectivity index (χ3v) is 7.93. The van der Waals surface area contributed by atoms with E-state index in [1.54, 1.807) is 18.7 Å². The molecule has 190 valence electrons. The van der Waals surface area contributed by atoms with Gasteiger partial charge in [-0.2, -0.15) is 0 Å². The monoisotopic (exact) mass is 529 g/mol. The molecule has 3 heterocycles. The van der Waals surface area contributed by atoms with Crippen molar-refractivity contribution in [3.05, 3.63) is 57.1 Å². The molecule has 36 heavy (non-hydrogen) atoms. The van der Waals surface area contributed by atoms with E-state index in [-0.39, 0.29) is 30.1 Å². The molecule has 0 bridgehead atoms. The maximum atomic E-state index is 13.6. The molecule has 3 aromatic rings. The Bertz CT molecular complexity index is 1290. The predicted octanol–water partition coefficient (Wildman–Crippen LogP) is 5.34. The van der Waals surface area contributed by atoms with Crippen molar-refractivity contribution >= 4 is 39.8 Å². The molecule has 1 aromatic carbocycles. The lowest BCUT2D eigenvalue weighted by Crippen LogP contribution is -2.41. The lowest BCUT2D eigenvalue weighted by molar-refractivity contribution is -0.139. The number of carbonyl (C=O) groups is 1. The molecule has 6 nitrogen and oxygen atoms in total. The van der Waals surface area contributed by atoms with Gasteiger partial charge < -0.3 is 15.6 Å². The van der Waals surface area contributed by atoms with Crippen LogP contribution in [0, 0.1) is 29.5 Å². The molecule has 0 unspecified atom stereocenters. The van der Waals surface area contributed by atoms with E-state index >= 15 is 0 Å². The van der Waals surface area contributed by atoms with Crippen molar-refractivity contribution < 1.29 is 19.0 Å². The summed E-state index contributed by atoms with van der Waals surface area (Å²) in [4.78, 5) is 18.6. The Morgan fingerprint density at radius 2 is 2.25 bits per heavy atom. The van der Waals surface area contributed by atoms with Crippen molar-refractivity contribution in [3.63, 3.8) is 0 Å². The number of likely N-dealkylation sites (tertiary alicyclic amines) is 1. The maximum Gasteiger partial charge on any atom is 0.303 e. The number of aliphatic carboxylic acids is 1. The SMILES string of the molecule is COc1ccc2ncc(Cl)c([C@@H](N)CC[C@@H]3CCN(CC#Cc4sccc4F)C[C@@H]3CC(=O)O)c2c1. The lowest BCUT2D eigenvalue weighted by Gasteiger charge is -2.37. The smallest absolute Gasteiger partial charge is 0.303 e. The average molecular weight is 530 g/mol. The van der Waals surface area contributed by atoms with Crippen molar-refractivity contribution in [2.24, 2.45) is 17.6 Å². The number of piperidine rings is 1. The molecule has 9 heteroatoms. The molecule has 2 aromatic heterocycles. The zero-order valence-corrected chi connectivity index (χ0v) is 21.6. The first kappa shape index (κ1) is 26.4. The van der Waals surface area contributed by atoms with E-state index in [0.29, 0.717) is 35.2 Å². The second kappa shape index (κ2) is 12.0. The maximum absolute atomic E-state index is 13.6. The van der Waals surface area contributed by atoms with Crippen molar-refractivity contribution in [1.82, 2.24) is 9.88 Å². The Labute approximate surface area is 219 Å². The molecule has 1 fully saturated rings. The summed E-state index contributed by atoms with van der Waals surface area (Å²) in [7, 11) is 1.61. The van der Waals surface area contributed by atoms with Gasteiger partial charge in [0.05, 0.1) is 24.2 Å². The molecule has 4 rings (SSSR count). The molecule has 1 aliphatic heterocycles. The molecular formula is C27H29ClFN3O3S. The number of benzene rings is 1. The first-order valence-electron chi connectivity index (χ1n) is 11.9. The molecule has 3 atom stereocenters. The topological polar surface area (TPSA) is 88.7 Å². The van der Waals surface area contributed by atoms with Crippen LogP contribution >= 0.6 is 22.9 Å². The predicted molar refractivity (Wildman–Crippen MR) is 141 cm³/mol. The zero-order chi connectivity index (χ0) is 25.7. The van der Waals surface area contributed by atoms with Gasteiger partial charge in [0, 0.05) is 30.6 Å². The van der Waals surface area contributed by atoms with Crippen molar-refractivity contribution in [1.29, 1.82) is 0 Å². The number of aromatic nitrogens is 1. The van der Waals surface area contributed by atoms with Gasteiger partial charge in [-0.1, -0.05) is 23.4 Å². The van der Waals surface area contributed by atoms with Gasteiger partial charge in [-0.3, -0.25) is 14.7 Å². The summed E-state index contributed by atoms with van der Waals surface area (Å²) in [5, 5.41) is 12.6. The Kier molecular flexibility index (Phi) is 8.81. The van der Waals surface area contributed by atoms with E-state index < -0.39 is 5.97 Å². The van der Waals surface area contributed by atoms with Gasteiger partial charge in [-0.05, 0) is 72.9 Å². The molecule has 1 saturated heterocycles. The number of pyridine rings is 1. The Morgan fingerprint density at radius 1 is 1.42 bits per heavy atom. The number of hydrogen-bond acceptors (Lipinski definition) is 6. The normalized spacial score (nSPS) is 19.0. The summed E-state index contributed by atoms with van der Waals surface area (Å²) in [6.45, 7) is 1.94. The van der Waals surface area contributed by atoms with E-state index in [1.165, 1.54) is 17.4 Å². The van der Waals surface area contributed by atoms with Gasteiger partial charge in [0.1, 0.15) is 16.4 Å². The van der Waals surface area contributed by atoms with E-state index in [9.17, 15) is 14.3 Å². The number of methoxy groups -OCH3 is 1. The second-order valence-electron chi connectivity index (χ2n) is 9.13. The number of hydrogen-bond donors (Lipinski definition) is 2. The minimum atomic E-state index is -0.807. The summed E-state index contributed by atoms with van der Waals surface area (Å²) in [5.41, 5.74) is 8.28. The standard InChI is InChI=1S/C27H29ClFN3O3S/c1-35-19-5-7-24-20(14-19)27(21(28)15-31-24)23(30)6-4-17-8-11-32(16-18(17)13-26(33)34)10-2-3-25-22(29)9-12-36-25/h5,7,9,12,14-15,17-18,23H,4,6,8,10-11,13,16,30H2,1H3,(H,33,34)/t17-,18+,23+/m1/s1. The van der Waals surface area contributed by atoms with Crippen LogP contribution in [0.4, 0.5) is 4.39 Å². The summed E-state index contributed by atoms with van der Waals surface area (Å²) in [5.74, 6) is 5.75. The van der Waals surface area contributed by atoms with Crippen LogP contribution in [0.25, 0.3) is 10.9 Å².